The van der Waals surface area contributed by atoms with Crippen molar-refractivity contribution in [3.05, 3.63) is 34.6 Å². The fraction of sp³-hybridized carbons (Fsp3) is 0.571. The second-order valence-corrected chi connectivity index (χ2v) is 6.44. The maximum atomic E-state index is 13.2. The van der Waals surface area contributed by atoms with Gasteiger partial charge in [0.15, 0.2) is 0 Å². The Labute approximate surface area is 116 Å². The minimum atomic E-state index is -0.191. The van der Waals surface area contributed by atoms with Gasteiger partial charge in [0.05, 0.1) is 0 Å². The lowest BCUT2D eigenvalue weighted by Gasteiger charge is -2.20. The van der Waals surface area contributed by atoms with Gasteiger partial charge in [0.1, 0.15) is 5.82 Å². The van der Waals surface area contributed by atoms with E-state index in [4.69, 9.17) is 11.6 Å². The molecule has 1 aromatic carbocycles. The minimum Gasteiger partial charge on any atom is -0.207 e. The van der Waals surface area contributed by atoms with E-state index in [1.807, 2.05) is 0 Å². The molecular formula is C14H17BrClF. The third-order valence-corrected chi connectivity index (χ3v) is 5.13. The predicted molar refractivity (Wildman–Crippen MR) is 74.4 cm³/mol. The van der Waals surface area contributed by atoms with E-state index in [9.17, 15) is 4.39 Å². The van der Waals surface area contributed by atoms with Gasteiger partial charge in [-0.15, -0.1) is 0 Å². The molecule has 0 nitrogen and oxygen atoms in total. The van der Waals surface area contributed by atoms with Gasteiger partial charge < -0.3 is 0 Å². The summed E-state index contributed by atoms with van der Waals surface area (Å²) in [5.41, 5.74) is 0.947. The molecule has 0 aliphatic heterocycles. The van der Waals surface area contributed by atoms with E-state index in [2.05, 4.69) is 15.9 Å². The van der Waals surface area contributed by atoms with Crippen molar-refractivity contribution in [2.75, 3.05) is 0 Å². The molecule has 1 aromatic rings. The molecule has 0 spiro atoms. The van der Waals surface area contributed by atoms with Crippen LogP contribution >= 0.6 is 27.5 Å². The first-order valence-corrected chi connectivity index (χ1v) is 7.54. The fourth-order valence-corrected chi connectivity index (χ4v) is 3.52. The molecule has 0 saturated heterocycles. The Morgan fingerprint density at radius 1 is 1.24 bits per heavy atom. The van der Waals surface area contributed by atoms with E-state index >= 15 is 0 Å². The molecule has 1 fully saturated rings. The molecule has 0 radical (unpaired) electrons. The summed E-state index contributed by atoms with van der Waals surface area (Å²) < 4.78 is 13.2. The van der Waals surface area contributed by atoms with Crippen LogP contribution in [0.3, 0.4) is 0 Å². The fourth-order valence-electron chi connectivity index (χ4n) is 2.55. The highest BCUT2D eigenvalue weighted by Gasteiger charge is 2.22. The van der Waals surface area contributed by atoms with E-state index in [0.29, 0.717) is 15.8 Å². The van der Waals surface area contributed by atoms with Crippen molar-refractivity contribution < 1.29 is 4.39 Å². The normalized spacial score (nSPS) is 25.6. The smallest absolute Gasteiger partial charge is 0.123 e. The van der Waals surface area contributed by atoms with Gasteiger partial charge in [-0.3, -0.25) is 0 Å². The Balaban J connectivity index is 2.10. The number of alkyl halides is 1. The summed E-state index contributed by atoms with van der Waals surface area (Å²) in [6, 6.07) is 4.66. The van der Waals surface area contributed by atoms with Crippen molar-refractivity contribution in [2.45, 2.75) is 43.4 Å². The summed E-state index contributed by atoms with van der Waals surface area (Å²) in [6.07, 6.45) is 7.20. The second kappa shape index (κ2) is 6.19. The zero-order valence-electron chi connectivity index (χ0n) is 9.76. The summed E-state index contributed by atoms with van der Waals surface area (Å²) in [5.74, 6) is 0.390. The quantitative estimate of drug-likeness (QED) is 0.508. The summed E-state index contributed by atoms with van der Waals surface area (Å²) in [6.45, 7) is 0. The van der Waals surface area contributed by atoms with Crippen molar-refractivity contribution in [2.24, 2.45) is 5.92 Å². The molecule has 2 atom stereocenters. The molecule has 1 aliphatic carbocycles. The average Bonchev–Trinajstić information content (AvgIpc) is 2.50. The highest BCUT2D eigenvalue weighted by atomic mass is 79.9. The lowest BCUT2D eigenvalue weighted by atomic mass is 9.92. The van der Waals surface area contributed by atoms with Crippen LogP contribution in [0.25, 0.3) is 0 Å². The second-order valence-electron chi connectivity index (χ2n) is 4.85. The predicted octanol–water partition coefficient (Wildman–Crippen LogP) is 5.37. The third-order valence-electron chi connectivity index (χ3n) is 3.56. The maximum absolute atomic E-state index is 13.2. The van der Waals surface area contributed by atoms with Gasteiger partial charge in [-0.1, -0.05) is 46.8 Å². The van der Waals surface area contributed by atoms with E-state index in [1.165, 1.54) is 38.2 Å². The van der Waals surface area contributed by atoms with Gasteiger partial charge in [0.2, 0.25) is 0 Å². The SMILES string of the molecule is Fc1ccc(Cl)c(CC2CCCCCC2Br)c1. The molecule has 0 amide bonds. The molecule has 94 valence electrons. The monoisotopic (exact) mass is 318 g/mol. The van der Waals surface area contributed by atoms with Gasteiger partial charge in [0, 0.05) is 9.85 Å². The number of hydrogen-bond donors (Lipinski definition) is 0. The summed E-state index contributed by atoms with van der Waals surface area (Å²) >= 11 is 9.89. The molecule has 2 rings (SSSR count). The van der Waals surface area contributed by atoms with Gasteiger partial charge in [-0.2, -0.15) is 0 Å². The average molecular weight is 320 g/mol. The van der Waals surface area contributed by atoms with Gasteiger partial charge in [-0.05, 0) is 48.9 Å². The van der Waals surface area contributed by atoms with E-state index < -0.39 is 0 Å². The highest BCUT2D eigenvalue weighted by Crippen LogP contribution is 2.33. The largest absolute Gasteiger partial charge is 0.207 e. The summed E-state index contributed by atoms with van der Waals surface area (Å²) in [7, 11) is 0. The molecule has 0 aromatic heterocycles. The first kappa shape index (κ1) is 13.4. The third kappa shape index (κ3) is 3.69. The highest BCUT2D eigenvalue weighted by molar-refractivity contribution is 9.09. The number of hydrogen-bond acceptors (Lipinski definition) is 0. The maximum Gasteiger partial charge on any atom is 0.123 e. The Hall–Kier alpha value is -0.0800. The molecule has 1 aliphatic rings. The van der Waals surface area contributed by atoms with Gasteiger partial charge in [-0.25, -0.2) is 4.39 Å². The van der Waals surface area contributed by atoms with Crippen molar-refractivity contribution in [1.82, 2.24) is 0 Å². The zero-order valence-corrected chi connectivity index (χ0v) is 12.1. The Morgan fingerprint density at radius 3 is 2.82 bits per heavy atom. The van der Waals surface area contributed by atoms with Gasteiger partial charge in [0.25, 0.3) is 0 Å². The van der Waals surface area contributed by atoms with E-state index in [1.54, 1.807) is 12.1 Å². The van der Waals surface area contributed by atoms with Crippen LogP contribution in [0.15, 0.2) is 18.2 Å². The summed E-state index contributed by atoms with van der Waals surface area (Å²) in [4.78, 5) is 0.546. The van der Waals surface area contributed by atoms with Crippen LogP contribution in [-0.4, -0.2) is 4.83 Å². The number of benzene rings is 1. The van der Waals surface area contributed by atoms with E-state index in [0.717, 1.165) is 12.0 Å². The molecule has 17 heavy (non-hydrogen) atoms. The first-order chi connectivity index (χ1) is 8.16. The topological polar surface area (TPSA) is 0 Å². The van der Waals surface area contributed by atoms with Crippen LogP contribution in [0.5, 0.6) is 0 Å². The number of halogens is 3. The Bertz CT molecular complexity index is 380. The first-order valence-electron chi connectivity index (χ1n) is 6.25. The van der Waals surface area contributed by atoms with Crippen LogP contribution in [-0.2, 0) is 6.42 Å². The lowest BCUT2D eigenvalue weighted by molar-refractivity contribution is 0.474. The van der Waals surface area contributed by atoms with Crippen LogP contribution < -0.4 is 0 Å². The lowest BCUT2D eigenvalue weighted by Crippen LogP contribution is -2.15. The van der Waals surface area contributed by atoms with Crippen LogP contribution in [0, 0.1) is 11.7 Å². The van der Waals surface area contributed by atoms with Crippen LogP contribution in [0.4, 0.5) is 4.39 Å². The van der Waals surface area contributed by atoms with Crippen LogP contribution in [0.1, 0.15) is 37.7 Å². The van der Waals surface area contributed by atoms with Crippen molar-refractivity contribution in [3.8, 4) is 0 Å². The molecule has 0 heterocycles. The number of rotatable bonds is 2. The molecule has 1 saturated carbocycles. The standard InChI is InChI=1S/C14H17BrClF/c15-13-5-3-1-2-4-10(13)8-11-9-12(17)6-7-14(11)16/h6-7,9-10,13H,1-5,8H2. The van der Waals surface area contributed by atoms with Crippen molar-refractivity contribution in [1.29, 1.82) is 0 Å². The summed E-state index contributed by atoms with van der Waals surface area (Å²) in [5, 5.41) is 0.690. The van der Waals surface area contributed by atoms with Crippen molar-refractivity contribution >= 4 is 27.5 Å². The minimum absolute atomic E-state index is 0.191. The van der Waals surface area contributed by atoms with E-state index in [-0.39, 0.29) is 5.82 Å². The van der Waals surface area contributed by atoms with Crippen molar-refractivity contribution in [3.63, 3.8) is 0 Å². The van der Waals surface area contributed by atoms with Gasteiger partial charge >= 0.3 is 0 Å². The Morgan fingerprint density at radius 2 is 2.00 bits per heavy atom. The molecular weight excluding hydrogens is 303 g/mol. The zero-order chi connectivity index (χ0) is 12.3. The Kier molecular flexibility index (Phi) is 4.87. The molecule has 0 N–H and O–H groups in total. The molecule has 2 unspecified atom stereocenters. The molecule has 0 bridgehead atoms. The molecule has 3 heteroatoms. The van der Waals surface area contributed by atoms with Crippen LogP contribution in [0.2, 0.25) is 5.02 Å².